The molecule has 0 saturated carbocycles. The van der Waals surface area contributed by atoms with Crippen LogP contribution in [0.15, 0.2) is 54.6 Å². The van der Waals surface area contributed by atoms with Gasteiger partial charge in [0.05, 0.1) is 5.56 Å². The van der Waals surface area contributed by atoms with Gasteiger partial charge in [0.25, 0.3) is 5.91 Å². The number of alkyl halides is 3. The van der Waals surface area contributed by atoms with Crippen molar-refractivity contribution < 1.29 is 18.0 Å². The predicted octanol–water partition coefficient (Wildman–Crippen LogP) is 5.11. The maximum absolute atomic E-state index is 12.9. The summed E-state index contributed by atoms with van der Waals surface area (Å²) in [4.78, 5) is 20.8. The van der Waals surface area contributed by atoms with Gasteiger partial charge in [0.1, 0.15) is 5.69 Å². The zero-order chi connectivity index (χ0) is 20.3. The molecule has 3 aromatic rings. The fraction of sp³-hybridized carbons (Fsp3) is 0.150. The maximum Gasteiger partial charge on any atom is 0.416 e. The zero-order valence-corrected chi connectivity index (χ0v) is 15.1. The van der Waals surface area contributed by atoms with Crippen molar-refractivity contribution in [1.29, 1.82) is 0 Å². The molecule has 8 heteroatoms. The molecule has 0 spiro atoms. The van der Waals surface area contributed by atoms with Gasteiger partial charge in [-0.1, -0.05) is 18.2 Å². The fourth-order valence-corrected chi connectivity index (χ4v) is 2.56. The summed E-state index contributed by atoms with van der Waals surface area (Å²) in [6.45, 7) is 3.57. The van der Waals surface area contributed by atoms with E-state index >= 15 is 0 Å². The second-order valence-corrected chi connectivity index (χ2v) is 6.25. The van der Waals surface area contributed by atoms with Crippen LogP contribution in [0.3, 0.4) is 0 Å². The Bertz CT molecular complexity index is 1020. The van der Waals surface area contributed by atoms with Crippen LogP contribution in [-0.2, 0) is 6.18 Å². The van der Waals surface area contributed by atoms with Crippen LogP contribution >= 0.6 is 0 Å². The van der Waals surface area contributed by atoms with Crippen molar-refractivity contribution in [3.05, 3.63) is 77.1 Å². The molecule has 0 aliphatic rings. The van der Waals surface area contributed by atoms with Crippen molar-refractivity contribution in [2.75, 3.05) is 10.6 Å². The van der Waals surface area contributed by atoms with E-state index in [0.717, 1.165) is 17.7 Å². The average Bonchev–Trinajstić information content (AvgIpc) is 2.61. The first kappa shape index (κ1) is 19.3. The van der Waals surface area contributed by atoms with Gasteiger partial charge in [0, 0.05) is 17.1 Å². The lowest BCUT2D eigenvalue weighted by molar-refractivity contribution is -0.137. The number of benzene rings is 2. The van der Waals surface area contributed by atoms with Crippen molar-refractivity contribution in [2.45, 2.75) is 20.0 Å². The summed E-state index contributed by atoms with van der Waals surface area (Å²) < 4.78 is 38.6. The highest BCUT2D eigenvalue weighted by Crippen LogP contribution is 2.31. The number of anilines is 3. The molecule has 28 heavy (non-hydrogen) atoms. The summed E-state index contributed by atoms with van der Waals surface area (Å²) in [7, 11) is 0. The van der Waals surface area contributed by atoms with E-state index in [2.05, 4.69) is 20.6 Å². The van der Waals surface area contributed by atoms with E-state index in [1.54, 1.807) is 13.0 Å². The van der Waals surface area contributed by atoms with Gasteiger partial charge in [-0.05, 0) is 55.8 Å². The second kappa shape index (κ2) is 7.67. The number of aromatic nitrogens is 2. The molecule has 3 rings (SSSR count). The summed E-state index contributed by atoms with van der Waals surface area (Å²) in [5, 5.41) is 5.46. The Labute approximate surface area is 159 Å². The van der Waals surface area contributed by atoms with Gasteiger partial charge >= 0.3 is 6.18 Å². The molecule has 0 unspecified atom stereocenters. The molecule has 144 valence electrons. The monoisotopic (exact) mass is 386 g/mol. The molecule has 0 bridgehead atoms. The summed E-state index contributed by atoms with van der Waals surface area (Å²) >= 11 is 0. The van der Waals surface area contributed by atoms with Crippen molar-refractivity contribution in [3.63, 3.8) is 0 Å². The van der Waals surface area contributed by atoms with Crippen LogP contribution in [0.4, 0.5) is 30.5 Å². The summed E-state index contributed by atoms with van der Waals surface area (Å²) in [5.74, 6) is -0.406. The number of aryl methyl sites for hydroxylation is 2. The van der Waals surface area contributed by atoms with Gasteiger partial charge in [-0.15, -0.1) is 0 Å². The lowest BCUT2D eigenvalue weighted by Crippen LogP contribution is -2.15. The van der Waals surface area contributed by atoms with Crippen LogP contribution in [0, 0.1) is 13.8 Å². The number of halogens is 3. The van der Waals surface area contributed by atoms with Crippen LogP contribution < -0.4 is 10.6 Å². The zero-order valence-electron chi connectivity index (χ0n) is 15.1. The number of nitrogens with one attached hydrogen (secondary N) is 2. The molecular formula is C20H17F3N4O. The Balaban J connectivity index is 1.83. The van der Waals surface area contributed by atoms with Gasteiger partial charge in [-0.25, -0.2) is 9.97 Å². The summed E-state index contributed by atoms with van der Waals surface area (Å²) in [6.07, 6.45) is -4.45. The Morgan fingerprint density at radius 3 is 2.36 bits per heavy atom. The molecule has 0 aliphatic carbocycles. The standard InChI is InChI=1S/C20H17F3N4O/c1-12-5-3-7-15(9-12)25-18(28)17-10-13(2)24-19(27-17)26-16-8-4-6-14(11-16)20(21,22)23/h3-11H,1-2H3,(H,25,28)(H,24,26,27). The minimum Gasteiger partial charge on any atom is -0.324 e. The van der Waals surface area contributed by atoms with Gasteiger partial charge in [-0.3, -0.25) is 4.79 Å². The number of carbonyl (C=O) groups excluding carboxylic acids is 1. The Kier molecular flexibility index (Phi) is 5.30. The van der Waals surface area contributed by atoms with Crippen molar-refractivity contribution in [2.24, 2.45) is 0 Å². The SMILES string of the molecule is Cc1cccc(NC(=O)c2cc(C)nc(Nc3cccc(C(F)(F)F)c3)n2)c1. The first-order valence-corrected chi connectivity index (χ1v) is 8.39. The Morgan fingerprint density at radius 2 is 1.64 bits per heavy atom. The lowest BCUT2D eigenvalue weighted by atomic mass is 10.2. The van der Waals surface area contributed by atoms with Gasteiger partial charge in [-0.2, -0.15) is 13.2 Å². The molecule has 0 atom stereocenters. The van der Waals surface area contributed by atoms with E-state index in [-0.39, 0.29) is 17.3 Å². The predicted molar refractivity (Wildman–Crippen MR) is 101 cm³/mol. The highest BCUT2D eigenvalue weighted by Gasteiger charge is 2.30. The smallest absolute Gasteiger partial charge is 0.324 e. The number of rotatable bonds is 4. The lowest BCUT2D eigenvalue weighted by Gasteiger charge is -2.11. The van der Waals surface area contributed by atoms with Gasteiger partial charge < -0.3 is 10.6 Å². The number of hydrogen-bond acceptors (Lipinski definition) is 4. The Hall–Kier alpha value is -3.42. The third-order valence-corrected chi connectivity index (χ3v) is 3.81. The summed E-state index contributed by atoms with van der Waals surface area (Å²) in [5.41, 5.74) is 1.59. The number of carbonyl (C=O) groups is 1. The van der Waals surface area contributed by atoms with Gasteiger partial charge in [0.2, 0.25) is 5.95 Å². The van der Waals surface area contributed by atoms with Crippen LogP contribution in [0.1, 0.15) is 27.3 Å². The maximum atomic E-state index is 12.9. The molecule has 0 radical (unpaired) electrons. The highest BCUT2D eigenvalue weighted by molar-refractivity contribution is 6.03. The van der Waals surface area contributed by atoms with E-state index in [4.69, 9.17) is 0 Å². The molecule has 1 amide bonds. The van der Waals surface area contributed by atoms with Crippen molar-refractivity contribution in [1.82, 2.24) is 9.97 Å². The molecular weight excluding hydrogens is 369 g/mol. The molecule has 0 fully saturated rings. The van der Waals surface area contributed by atoms with Crippen LogP contribution in [0.5, 0.6) is 0 Å². The largest absolute Gasteiger partial charge is 0.416 e. The molecule has 5 nitrogen and oxygen atoms in total. The molecule has 1 aromatic heterocycles. The minimum absolute atomic E-state index is 0.0358. The second-order valence-electron chi connectivity index (χ2n) is 6.25. The van der Waals surface area contributed by atoms with E-state index in [1.165, 1.54) is 18.2 Å². The van der Waals surface area contributed by atoms with E-state index in [1.807, 2.05) is 25.1 Å². The van der Waals surface area contributed by atoms with Crippen LogP contribution in [-0.4, -0.2) is 15.9 Å². The number of amides is 1. The minimum atomic E-state index is -4.45. The molecule has 0 saturated heterocycles. The molecule has 1 heterocycles. The Morgan fingerprint density at radius 1 is 0.929 bits per heavy atom. The molecule has 0 aliphatic heterocycles. The van der Waals surface area contributed by atoms with Crippen molar-refractivity contribution in [3.8, 4) is 0 Å². The first-order valence-electron chi connectivity index (χ1n) is 8.39. The average molecular weight is 386 g/mol. The highest BCUT2D eigenvalue weighted by atomic mass is 19.4. The third kappa shape index (κ3) is 4.85. The number of hydrogen-bond donors (Lipinski definition) is 2. The topological polar surface area (TPSA) is 66.9 Å². The van der Waals surface area contributed by atoms with Crippen molar-refractivity contribution >= 4 is 23.2 Å². The summed E-state index contributed by atoms with van der Waals surface area (Å²) in [6, 6.07) is 13.5. The van der Waals surface area contributed by atoms with E-state index in [9.17, 15) is 18.0 Å². The van der Waals surface area contributed by atoms with Crippen LogP contribution in [0.25, 0.3) is 0 Å². The van der Waals surface area contributed by atoms with Gasteiger partial charge in [0.15, 0.2) is 0 Å². The quantitative estimate of drug-likeness (QED) is 0.654. The molecule has 2 N–H and O–H groups in total. The third-order valence-electron chi connectivity index (χ3n) is 3.81. The first-order chi connectivity index (χ1) is 13.2. The van der Waals surface area contributed by atoms with Crippen LogP contribution in [0.2, 0.25) is 0 Å². The van der Waals surface area contributed by atoms with E-state index in [0.29, 0.717) is 11.4 Å². The molecule has 2 aromatic carbocycles. The fourth-order valence-electron chi connectivity index (χ4n) is 2.56. The number of nitrogens with zero attached hydrogens (tertiary/aromatic N) is 2. The normalized spacial score (nSPS) is 11.2. The van der Waals surface area contributed by atoms with E-state index < -0.39 is 17.6 Å².